The number of nitrogens with one attached hydrogen (secondary N) is 2. The van der Waals surface area contributed by atoms with Crippen molar-refractivity contribution in [2.24, 2.45) is 0 Å². The Balaban J connectivity index is 2.36. The molecular weight excluding hydrogens is 232 g/mol. The van der Waals surface area contributed by atoms with Crippen LogP contribution in [0.3, 0.4) is 0 Å². The van der Waals surface area contributed by atoms with Gasteiger partial charge < -0.3 is 10.6 Å². The van der Waals surface area contributed by atoms with Crippen LogP contribution >= 0.6 is 11.8 Å². The molecule has 0 aliphatic carbocycles. The molecule has 1 rings (SSSR count). The minimum Gasteiger partial charge on any atom is -0.356 e. The lowest BCUT2D eigenvalue weighted by atomic mass is 10.1. The molecule has 0 saturated heterocycles. The second-order valence-corrected chi connectivity index (χ2v) is 4.75. The van der Waals surface area contributed by atoms with Gasteiger partial charge in [0.05, 0.1) is 5.75 Å². The maximum atomic E-state index is 11.3. The highest BCUT2D eigenvalue weighted by Gasteiger charge is 2.09. The minimum atomic E-state index is 0.111. The maximum Gasteiger partial charge on any atom is 0.229 e. The zero-order valence-corrected chi connectivity index (χ0v) is 11.2. The van der Waals surface area contributed by atoms with E-state index in [0.29, 0.717) is 18.3 Å². The molecule has 1 amide bonds. The zero-order chi connectivity index (χ0) is 12.5. The molecule has 0 fully saturated rings. The standard InChI is InChI=1S/C13H20N2OS/c1-3-15-13(16)10-17-9-12(14-2)11-7-5-4-6-8-11/h4-8,12,14H,3,9-10H2,1-2H3,(H,15,16). The Bertz CT molecular complexity index is 329. The van der Waals surface area contributed by atoms with Crippen LogP contribution in [0.5, 0.6) is 0 Å². The number of carbonyl (C=O) groups excluding carboxylic acids is 1. The molecule has 3 nitrogen and oxygen atoms in total. The summed E-state index contributed by atoms with van der Waals surface area (Å²) in [5.74, 6) is 1.54. The highest BCUT2D eigenvalue weighted by Crippen LogP contribution is 2.17. The Morgan fingerprint density at radius 1 is 1.35 bits per heavy atom. The molecule has 1 aromatic rings. The first-order valence-electron chi connectivity index (χ1n) is 5.84. The molecule has 0 spiro atoms. The van der Waals surface area contributed by atoms with Gasteiger partial charge in [-0.15, -0.1) is 0 Å². The van der Waals surface area contributed by atoms with Gasteiger partial charge in [0, 0.05) is 18.3 Å². The van der Waals surface area contributed by atoms with Crippen molar-refractivity contribution in [3.05, 3.63) is 35.9 Å². The molecule has 0 aromatic heterocycles. The lowest BCUT2D eigenvalue weighted by molar-refractivity contribution is -0.118. The number of rotatable bonds is 7. The third-order valence-electron chi connectivity index (χ3n) is 2.44. The highest BCUT2D eigenvalue weighted by molar-refractivity contribution is 7.99. The predicted octanol–water partition coefficient (Wildman–Crippen LogP) is 1.82. The van der Waals surface area contributed by atoms with E-state index in [-0.39, 0.29) is 5.91 Å². The van der Waals surface area contributed by atoms with E-state index in [2.05, 4.69) is 22.8 Å². The monoisotopic (exact) mass is 252 g/mol. The summed E-state index contributed by atoms with van der Waals surface area (Å²) in [5.41, 5.74) is 1.26. The number of benzene rings is 1. The van der Waals surface area contributed by atoms with E-state index in [1.165, 1.54) is 5.56 Å². The number of carbonyl (C=O) groups is 1. The van der Waals surface area contributed by atoms with E-state index >= 15 is 0 Å². The third kappa shape index (κ3) is 5.24. The largest absolute Gasteiger partial charge is 0.356 e. The Hall–Kier alpha value is -1.00. The highest BCUT2D eigenvalue weighted by atomic mass is 32.2. The van der Waals surface area contributed by atoms with E-state index < -0.39 is 0 Å². The average Bonchev–Trinajstić information content (AvgIpc) is 2.36. The smallest absolute Gasteiger partial charge is 0.229 e. The second-order valence-electron chi connectivity index (χ2n) is 3.72. The van der Waals surface area contributed by atoms with E-state index in [0.717, 1.165) is 5.75 Å². The van der Waals surface area contributed by atoms with Gasteiger partial charge in [0.1, 0.15) is 0 Å². The first-order valence-corrected chi connectivity index (χ1v) is 7.00. The zero-order valence-electron chi connectivity index (χ0n) is 10.4. The molecule has 1 aromatic carbocycles. The van der Waals surface area contributed by atoms with Gasteiger partial charge in [0.15, 0.2) is 0 Å². The Morgan fingerprint density at radius 3 is 2.65 bits per heavy atom. The Morgan fingerprint density at radius 2 is 2.06 bits per heavy atom. The van der Waals surface area contributed by atoms with Crippen LogP contribution in [-0.2, 0) is 4.79 Å². The molecule has 17 heavy (non-hydrogen) atoms. The van der Waals surface area contributed by atoms with E-state index in [1.807, 2.05) is 32.2 Å². The number of hydrogen-bond acceptors (Lipinski definition) is 3. The summed E-state index contributed by atoms with van der Waals surface area (Å²) in [7, 11) is 1.95. The molecule has 0 aliphatic rings. The van der Waals surface area contributed by atoms with Crippen LogP contribution in [-0.4, -0.2) is 31.0 Å². The van der Waals surface area contributed by atoms with Crippen molar-refractivity contribution in [2.75, 3.05) is 25.1 Å². The van der Waals surface area contributed by atoms with Crippen LogP contribution in [0.2, 0.25) is 0 Å². The number of amides is 1. The van der Waals surface area contributed by atoms with Crippen molar-refractivity contribution >= 4 is 17.7 Å². The van der Waals surface area contributed by atoms with Gasteiger partial charge in [0.2, 0.25) is 5.91 Å². The number of thioether (sulfide) groups is 1. The fraction of sp³-hybridized carbons (Fsp3) is 0.462. The summed E-state index contributed by atoms with van der Waals surface area (Å²) in [4.78, 5) is 11.3. The molecule has 0 radical (unpaired) electrons. The molecule has 0 aliphatic heterocycles. The average molecular weight is 252 g/mol. The van der Waals surface area contributed by atoms with Crippen molar-refractivity contribution in [3.63, 3.8) is 0 Å². The van der Waals surface area contributed by atoms with Crippen LogP contribution in [0, 0.1) is 0 Å². The van der Waals surface area contributed by atoms with Gasteiger partial charge >= 0.3 is 0 Å². The Labute approximate surface area is 107 Å². The predicted molar refractivity (Wildman–Crippen MR) is 74.3 cm³/mol. The third-order valence-corrected chi connectivity index (χ3v) is 3.48. The maximum absolute atomic E-state index is 11.3. The van der Waals surface area contributed by atoms with Crippen molar-refractivity contribution in [1.82, 2.24) is 10.6 Å². The van der Waals surface area contributed by atoms with Gasteiger partial charge in [-0.1, -0.05) is 30.3 Å². The van der Waals surface area contributed by atoms with E-state index in [1.54, 1.807) is 11.8 Å². The summed E-state index contributed by atoms with van der Waals surface area (Å²) in [6.45, 7) is 2.64. The summed E-state index contributed by atoms with van der Waals surface area (Å²) >= 11 is 1.65. The summed E-state index contributed by atoms with van der Waals surface area (Å²) in [6.07, 6.45) is 0. The lowest BCUT2D eigenvalue weighted by Crippen LogP contribution is -2.26. The van der Waals surface area contributed by atoms with Gasteiger partial charge in [-0.3, -0.25) is 4.79 Å². The molecule has 94 valence electrons. The van der Waals surface area contributed by atoms with Gasteiger partial charge in [-0.25, -0.2) is 0 Å². The quantitative estimate of drug-likeness (QED) is 0.778. The second kappa shape index (κ2) is 8.14. The summed E-state index contributed by atoms with van der Waals surface area (Å²) < 4.78 is 0. The van der Waals surface area contributed by atoms with Crippen molar-refractivity contribution in [3.8, 4) is 0 Å². The van der Waals surface area contributed by atoms with Gasteiger partial charge in [-0.05, 0) is 19.5 Å². The van der Waals surface area contributed by atoms with E-state index in [9.17, 15) is 4.79 Å². The van der Waals surface area contributed by atoms with E-state index in [4.69, 9.17) is 0 Å². The van der Waals surface area contributed by atoms with Crippen LogP contribution in [0.1, 0.15) is 18.5 Å². The van der Waals surface area contributed by atoms with Gasteiger partial charge in [-0.2, -0.15) is 11.8 Å². The summed E-state index contributed by atoms with van der Waals surface area (Å²) in [5, 5.41) is 6.07. The molecule has 0 heterocycles. The first-order chi connectivity index (χ1) is 8.27. The molecule has 2 N–H and O–H groups in total. The fourth-order valence-electron chi connectivity index (χ4n) is 1.55. The minimum absolute atomic E-state index is 0.111. The SMILES string of the molecule is CCNC(=O)CSCC(NC)c1ccccc1. The fourth-order valence-corrected chi connectivity index (χ4v) is 2.55. The van der Waals surface area contributed by atoms with Crippen LogP contribution in [0.4, 0.5) is 0 Å². The molecule has 0 bridgehead atoms. The molecule has 1 unspecified atom stereocenters. The normalized spacial score (nSPS) is 12.1. The topological polar surface area (TPSA) is 41.1 Å². The van der Waals surface area contributed by atoms with Crippen LogP contribution in [0.25, 0.3) is 0 Å². The lowest BCUT2D eigenvalue weighted by Gasteiger charge is -2.15. The molecular formula is C13H20N2OS. The number of hydrogen-bond donors (Lipinski definition) is 2. The molecule has 1 atom stereocenters. The van der Waals surface area contributed by atoms with Gasteiger partial charge in [0.25, 0.3) is 0 Å². The first kappa shape index (κ1) is 14.1. The summed E-state index contributed by atoms with van der Waals surface area (Å²) in [6, 6.07) is 10.6. The van der Waals surface area contributed by atoms with Crippen LogP contribution in [0.15, 0.2) is 30.3 Å². The van der Waals surface area contributed by atoms with Crippen molar-refractivity contribution < 1.29 is 4.79 Å². The van der Waals surface area contributed by atoms with Crippen LogP contribution < -0.4 is 10.6 Å². The van der Waals surface area contributed by atoms with Crippen molar-refractivity contribution in [2.45, 2.75) is 13.0 Å². The molecule has 4 heteroatoms. The Kier molecular flexibility index (Phi) is 6.74. The van der Waals surface area contributed by atoms with Crippen molar-refractivity contribution in [1.29, 1.82) is 0 Å². The molecule has 0 saturated carbocycles.